The van der Waals surface area contributed by atoms with Crippen molar-refractivity contribution in [3.05, 3.63) is 0 Å². The number of hydrogen-bond acceptors (Lipinski definition) is 5. The number of carbonyl (C=O) groups excluding carboxylic acids is 1. The summed E-state index contributed by atoms with van der Waals surface area (Å²) in [6.07, 6.45) is 0.0539. The average molecular weight is 202 g/mol. The largest absolute Gasteiger partial charge is 0.465 e. The number of carbonyl (C=O) groups is 1. The average Bonchev–Trinajstić information content (AvgIpc) is 2.18. The van der Waals surface area contributed by atoms with Gasteiger partial charge in [0.05, 0.1) is 25.9 Å². The van der Waals surface area contributed by atoms with Crippen molar-refractivity contribution in [1.29, 1.82) is 0 Å². The first-order valence-electron chi connectivity index (χ1n) is 4.96. The minimum absolute atomic E-state index is 0.0539. The molecule has 1 atom stereocenters. The van der Waals surface area contributed by atoms with Crippen molar-refractivity contribution in [2.24, 2.45) is 5.73 Å². The van der Waals surface area contributed by atoms with E-state index in [1.54, 1.807) is 6.92 Å². The lowest BCUT2D eigenvalue weighted by molar-refractivity contribution is -0.146. The lowest BCUT2D eigenvalue weighted by Crippen LogP contribution is -2.47. The van der Waals surface area contributed by atoms with Gasteiger partial charge in [-0.05, 0) is 6.92 Å². The van der Waals surface area contributed by atoms with Gasteiger partial charge in [-0.25, -0.2) is 0 Å². The van der Waals surface area contributed by atoms with Crippen LogP contribution in [0.15, 0.2) is 0 Å². The topological polar surface area (TPSA) is 64.8 Å². The number of morpholine rings is 1. The summed E-state index contributed by atoms with van der Waals surface area (Å²) in [5, 5.41) is 0. The highest BCUT2D eigenvalue weighted by atomic mass is 16.5. The molecule has 5 heteroatoms. The second-order valence-electron chi connectivity index (χ2n) is 3.27. The molecule has 82 valence electrons. The Balaban J connectivity index is 2.26. The maximum Gasteiger partial charge on any atom is 0.320 e. The number of nitrogens with two attached hydrogens (primary N) is 1. The highest BCUT2D eigenvalue weighted by molar-refractivity contribution is 5.71. The molecule has 0 radical (unpaired) electrons. The SMILES string of the molecule is CCOC(=O)CN1CCOC(CN)C1. The molecule has 0 aromatic heterocycles. The number of nitrogens with zero attached hydrogens (tertiary/aromatic N) is 1. The summed E-state index contributed by atoms with van der Waals surface area (Å²) in [4.78, 5) is 13.2. The predicted molar refractivity (Wildman–Crippen MR) is 51.9 cm³/mol. The molecule has 0 bridgehead atoms. The van der Waals surface area contributed by atoms with Gasteiger partial charge in [0.2, 0.25) is 0 Å². The molecular weight excluding hydrogens is 184 g/mol. The summed E-state index contributed by atoms with van der Waals surface area (Å²) in [6.45, 7) is 5.21. The first-order chi connectivity index (χ1) is 6.76. The van der Waals surface area contributed by atoms with Crippen LogP contribution >= 0.6 is 0 Å². The molecule has 1 unspecified atom stereocenters. The summed E-state index contributed by atoms with van der Waals surface area (Å²) in [6, 6.07) is 0. The molecule has 5 nitrogen and oxygen atoms in total. The van der Waals surface area contributed by atoms with Gasteiger partial charge in [-0.15, -0.1) is 0 Å². The fraction of sp³-hybridized carbons (Fsp3) is 0.889. The van der Waals surface area contributed by atoms with Gasteiger partial charge in [-0.1, -0.05) is 0 Å². The zero-order chi connectivity index (χ0) is 10.4. The van der Waals surface area contributed by atoms with E-state index in [1.807, 2.05) is 4.90 Å². The highest BCUT2D eigenvalue weighted by Crippen LogP contribution is 2.03. The van der Waals surface area contributed by atoms with Crippen LogP contribution in [0.1, 0.15) is 6.92 Å². The Hall–Kier alpha value is -0.650. The van der Waals surface area contributed by atoms with Crippen LogP contribution < -0.4 is 5.73 Å². The molecule has 0 saturated carbocycles. The van der Waals surface area contributed by atoms with Crippen LogP contribution in [-0.4, -0.2) is 56.4 Å². The second-order valence-corrected chi connectivity index (χ2v) is 3.27. The van der Waals surface area contributed by atoms with Gasteiger partial charge in [0.15, 0.2) is 0 Å². The van der Waals surface area contributed by atoms with E-state index in [0.29, 0.717) is 26.3 Å². The molecule has 1 aliphatic rings. The molecule has 0 aromatic carbocycles. The standard InChI is InChI=1S/C9H18N2O3/c1-2-13-9(12)7-11-3-4-14-8(5-10)6-11/h8H,2-7,10H2,1H3. The fourth-order valence-corrected chi connectivity index (χ4v) is 1.46. The third-order valence-corrected chi connectivity index (χ3v) is 2.14. The lowest BCUT2D eigenvalue weighted by Gasteiger charge is -2.31. The zero-order valence-electron chi connectivity index (χ0n) is 8.57. The third kappa shape index (κ3) is 3.61. The molecule has 1 fully saturated rings. The maximum atomic E-state index is 11.2. The minimum atomic E-state index is -0.176. The summed E-state index contributed by atoms with van der Waals surface area (Å²) < 4.78 is 10.2. The molecule has 1 saturated heterocycles. The van der Waals surface area contributed by atoms with Crippen molar-refractivity contribution in [1.82, 2.24) is 4.90 Å². The van der Waals surface area contributed by atoms with Gasteiger partial charge >= 0.3 is 5.97 Å². The van der Waals surface area contributed by atoms with Crippen LogP contribution in [0.25, 0.3) is 0 Å². The van der Waals surface area contributed by atoms with Gasteiger partial charge in [-0.2, -0.15) is 0 Å². The van der Waals surface area contributed by atoms with Crippen LogP contribution in [0.5, 0.6) is 0 Å². The van der Waals surface area contributed by atoms with Crippen molar-refractivity contribution in [3.63, 3.8) is 0 Å². The van der Waals surface area contributed by atoms with Crippen LogP contribution in [0, 0.1) is 0 Å². The molecule has 1 heterocycles. The van der Waals surface area contributed by atoms with E-state index >= 15 is 0 Å². The van der Waals surface area contributed by atoms with Crippen LogP contribution in [0.4, 0.5) is 0 Å². The van der Waals surface area contributed by atoms with Crippen molar-refractivity contribution < 1.29 is 14.3 Å². The van der Waals surface area contributed by atoms with E-state index in [2.05, 4.69) is 0 Å². The summed E-state index contributed by atoms with van der Waals surface area (Å²) >= 11 is 0. The van der Waals surface area contributed by atoms with Gasteiger partial charge in [0, 0.05) is 19.6 Å². The Kier molecular flexibility index (Phi) is 4.86. The third-order valence-electron chi connectivity index (χ3n) is 2.14. The van der Waals surface area contributed by atoms with Crippen molar-refractivity contribution in [3.8, 4) is 0 Å². The second kappa shape index (κ2) is 5.95. The van der Waals surface area contributed by atoms with Gasteiger partial charge in [0.25, 0.3) is 0 Å². The summed E-state index contributed by atoms with van der Waals surface area (Å²) in [5.41, 5.74) is 5.49. The van der Waals surface area contributed by atoms with Crippen molar-refractivity contribution in [2.75, 3.05) is 39.4 Å². The smallest absolute Gasteiger partial charge is 0.320 e. The van der Waals surface area contributed by atoms with E-state index < -0.39 is 0 Å². The zero-order valence-corrected chi connectivity index (χ0v) is 8.57. The molecule has 2 N–H and O–H groups in total. The summed E-state index contributed by atoms with van der Waals surface area (Å²) in [5.74, 6) is -0.176. The van der Waals surface area contributed by atoms with E-state index in [1.165, 1.54) is 0 Å². The monoisotopic (exact) mass is 202 g/mol. The molecule has 1 rings (SSSR count). The molecule has 0 aromatic rings. The van der Waals surface area contributed by atoms with Crippen molar-refractivity contribution in [2.45, 2.75) is 13.0 Å². The van der Waals surface area contributed by atoms with Gasteiger partial charge < -0.3 is 15.2 Å². The van der Waals surface area contributed by atoms with Gasteiger partial charge in [0.1, 0.15) is 0 Å². The van der Waals surface area contributed by atoms with Crippen LogP contribution in [0.3, 0.4) is 0 Å². The number of ether oxygens (including phenoxy) is 2. The van der Waals surface area contributed by atoms with E-state index in [-0.39, 0.29) is 12.1 Å². The molecule has 0 amide bonds. The highest BCUT2D eigenvalue weighted by Gasteiger charge is 2.21. The molecule has 0 aliphatic carbocycles. The lowest BCUT2D eigenvalue weighted by atomic mass is 10.3. The van der Waals surface area contributed by atoms with E-state index in [4.69, 9.17) is 15.2 Å². The first kappa shape index (κ1) is 11.4. The number of esters is 1. The Morgan fingerprint density at radius 1 is 1.71 bits per heavy atom. The van der Waals surface area contributed by atoms with E-state index in [9.17, 15) is 4.79 Å². The normalized spacial score (nSPS) is 23.4. The van der Waals surface area contributed by atoms with Crippen LogP contribution in [0.2, 0.25) is 0 Å². The quantitative estimate of drug-likeness (QED) is 0.605. The van der Waals surface area contributed by atoms with E-state index in [0.717, 1.165) is 13.1 Å². The Morgan fingerprint density at radius 2 is 2.50 bits per heavy atom. The summed E-state index contributed by atoms with van der Waals surface area (Å²) in [7, 11) is 0. The fourth-order valence-electron chi connectivity index (χ4n) is 1.46. The molecule has 1 aliphatic heterocycles. The van der Waals surface area contributed by atoms with Crippen molar-refractivity contribution >= 4 is 5.97 Å². The number of hydrogen-bond donors (Lipinski definition) is 1. The predicted octanol–water partition coefficient (Wildman–Crippen LogP) is -0.791. The van der Waals surface area contributed by atoms with Gasteiger partial charge in [-0.3, -0.25) is 9.69 Å². The minimum Gasteiger partial charge on any atom is -0.465 e. The first-order valence-corrected chi connectivity index (χ1v) is 4.96. The maximum absolute atomic E-state index is 11.2. The molecule has 0 spiro atoms. The molecular formula is C9H18N2O3. The Labute approximate surface area is 84.1 Å². The number of rotatable bonds is 4. The van der Waals surface area contributed by atoms with Crippen LogP contribution in [-0.2, 0) is 14.3 Å². The Morgan fingerprint density at radius 3 is 3.14 bits per heavy atom. The Bertz CT molecular complexity index is 187. The molecule has 14 heavy (non-hydrogen) atoms.